The Balaban J connectivity index is 1.68. The second kappa shape index (κ2) is 24.9. The van der Waals surface area contributed by atoms with Crippen LogP contribution in [0, 0.1) is 0 Å². The first kappa shape index (κ1) is 30.8. The summed E-state index contributed by atoms with van der Waals surface area (Å²) in [4.78, 5) is 10.6. The van der Waals surface area contributed by atoms with Gasteiger partial charge in [0.15, 0.2) is 0 Å². The van der Waals surface area contributed by atoms with E-state index in [0.717, 1.165) is 31.6 Å². The topological polar surface area (TPSA) is 81.7 Å². The second-order valence-corrected chi connectivity index (χ2v) is 7.69. The van der Waals surface area contributed by atoms with Gasteiger partial charge in [-0.1, -0.05) is 12.8 Å². The monoisotopic (exact) mass is 504 g/mol. The van der Waals surface area contributed by atoms with Gasteiger partial charge in [0.05, 0.1) is 72.7 Å². The van der Waals surface area contributed by atoms with Crippen LogP contribution in [0.15, 0.2) is 24.3 Å². The molecule has 1 aromatic carbocycles. The molecule has 1 aromatic rings. The van der Waals surface area contributed by atoms with Crippen LogP contribution in [0.4, 0.5) is 0 Å². The largest absolute Gasteiger partial charge is 0.491 e. The van der Waals surface area contributed by atoms with Crippen LogP contribution in [0.2, 0.25) is 0 Å². The number of unbranched alkanes of at least 4 members (excludes halogenated alkanes) is 3. The van der Waals surface area contributed by atoms with Crippen molar-refractivity contribution in [2.75, 3.05) is 91.8 Å². The van der Waals surface area contributed by atoms with Gasteiger partial charge < -0.3 is 33.2 Å². The first-order chi connectivity index (χ1) is 16.9. The van der Waals surface area contributed by atoms with Crippen molar-refractivity contribution in [3.05, 3.63) is 29.8 Å². The van der Waals surface area contributed by atoms with Crippen LogP contribution >= 0.6 is 11.6 Å². The molecule has 9 heteroatoms. The third kappa shape index (κ3) is 20.1. The number of ether oxygens (including phenoxy) is 7. The molecule has 34 heavy (non-hydrogen) atoms. The Morgan fingerprint density at radius 1 is 0.529 bits per heavy atom. The molecule has 0 spiro atoms. The fraction of sp³-hybridized carbons (Fsp3) is 0.720. The zero-order chi connectivity index (χ0) is 24.4. The van der Waals surface area contributed by atoms with Crippen LogP contribution in [-0.2, 0) is 28.4 Å². The molecule has 0 aliphatic rings. The molecule has 1 rings (SSSR count). The molecule has 0 bridgehead atoms. The van der Waals surface area contributed by atoms with E-state index in [9.17, 15) is 4.79 Å². The molecule has 0 radical (unpaired) electrons. The summed E-state index contributed by atoms with van der Waals surface area (Å²) in [5.41, 5.74) is 0.625. The molecule has 0 saturated carbocycles. The third-order valence-electron chi connectivity index (χ3n) is 4.54. The van der Waals surface area contributed by atoms with E-state index >= 15 is 0 Å². The number of hydrogen-bond donors (Lipinski definition) is 0. The van der Waals surface area contributed by atoms with Crippen LogP contribution in [-0.4, -0.2) is 98.1 Å². The van der Waals surface area contributed by atoms with Crippen molar-refractivity contribution in [1.29, 1.82) is 0 Å². The van der Waals surface area contributed by atoms with E-state index in [1.807, 2.05) is 0 Å². The van der Waals surface area contributed by atoms with Crippen molar-refractivity contribution in [1.82, 2.24) is 0 Å². The number of aldehydes is 1. The van der Waals surface area contributed by atoms with Crippen LogP contribution in [0.5, 0.6) is 5.75 Å². The van der Waals surface area contributed by atoms with Crippen LogP contribution < -0.4 is 4.74 Å². The Kier molecular flexibility index (Phi) is 22.5. The van der Waals surface area contributed by atoms with Gasteiger partial charge in [-0.2, -0.15) is 0 Å². The number of hydrogen-bond acceptors (Lipinski definition) is 8. The van der Waals surface area contributed by atoms with Gasteiger partial charge in [-0.15, -0.1) is 11.6 Å². The zero-order valence-corrected chi connectivity index (χ0v) is 21.0. The Morgan fingerprint density at radius 3 is 1.38 bits per heavy atom. The minimum Gasteiger partial charge on any atom is -0.491 e. The van der Waals surface area contributed by atoms with E-state index in [1.54, 1.807) is 24.3 Å². The summed E-state index contributed by atoms with van der Waals surface area (Å²) >= 11 is 5.64. The van der Waals surface area contributed by atoms with E-state index in [4.69, 9.17) is 44.8 Å². The third-order valence-corrected chi connectivity index (χ3v) is 4.81. The summed E-state index contributed by atoms with van der Waals surface area (Å²) in [6.45, 7) is 7.09. The van der Waals surface area contributed by atoms with Gasteiger partial charge in [-0.05, 0) is 37.1 Å². The predicted octanol–water partition coefficient (Wildman–Crippen LogP) is 3.78. The van der Waals surface area contributed by atoms with Gasteiger partial charge >= 0.3 is 0 Å². The highest BCUT2D eigenvalue weighted by atomic mass is 35.5. The summed E-state index contributed by atoms with van der Waals surface area (Å²) in [5, 5.41) is 0. The summed E-state index contributed by atoms with van der Waals surface area (Å²) in [7, 11) is 0. The van der Waals surface area contributed by atoms with E-state index in [2.05, 4.69) is 0 Å². The molecule has 0 amide bonds. The highest BCUT2D eigenvalue weighted by Gasteiger charge is 1.97. The molecule has 0 aliphatic carbocycles. The van der Waals surface area contributed by atoms with Crippen molar-refractivity contribution in [2.24, 2.45) is 0 Å². The molecule has 0 fully saturated rings. The first-order valence-electron chi connectivity index (χ1n) is 12.1. The highest BCUT2D eigenvalue weighted by Crippen LogP contribution is 2.10. The lowest BCUT2D eigenvalue weighted by atomic mass is 10.2. The van der Waals surface area contributed by atoms with E-state index < -0.39 is 0 Å². The fourth-order valence-corrected chi connectivity index (χ4v) is 2.90. The average Bonchev–Trinajstić information content (AvgIpc) is 2.87. The minimum atomic E-state index is 0.443. The number of alkyl halides is 1. The molecule has 0 N–H and O–H groups in total. The van der Waals surface area contributed by atoms with Gasteiger partial charge in [0.2, 0.25) is 0 Å². The van der Waals surface area contributed by atoms with Crippen LogP contribution in [0.25, 0.3) is 0 Å². The van der Waals surface area contributed by atoms with Crippen molar-refractivity contribution in [3.63, 3.8) is 0 Å². The maximum atomic E-state index is 10.6. The molecule has 0 atom stereocenters. The summed E-state index contributed by atoms with van der Waals surface area (Å²) in [5.74, 6) is 1.46. The molecule has 0 unspecified atom stereocenters. The molecule has 0 saturated heterocycles. The average molecular weight is 505 g/mol. The second-order valence-electron chi connectivity index (χ2n) is 7.31. The lowest BCUT2D eigenvalue weighted by Crippen LogP contribution is -2.14. The van der Waals surface area contributed by atoms with Gasteiger partial charge in [0.1, 0.15) is 18.6 Å². The quantitative estimate of drug-likeness (QED) is 0.107. The number of rotatable bonds is 26. The lowest BCUT2D eigenvalue weighted by Gasteiger charge is -2.09. The number of carbonyl (C=O) groups excluding carboxylic acids is 1. The molecule has 0 aromatic heterocycles. The van der Waals surface area contributed by atoms with E-state index in [-0.39, 0.29) is 0 Å². The minimum absolute atomic E-state index is 0.443. The SMILES string of the molecule is O=Cc1ccc(OCCOCCOCCOCCOCCOCCOCCCCCCCl)cc1. The molecule has 196 valence electrons. The van der Waals surface area contributed by atoms with Crippen molar-refractivity contribution < 1.29 is 38.0 Å². The highest BCUT2D eigenvalue weighted by molar-refractivity contribution is 6.17. The molecule has 0 heterocycles. The Bertz CT molecular complexity index is 558. The van der Waals surface area contributed by atoms with Crippen molar-refractivity contribution in [3.8, 4) is 5.75 Å². The predicted molar refractivity (Wildman–Crippen MR) is 131 cm³/mol. The molecule has 0 aliphatic heterocycles. The maximum absolute atomic E-state index is 10.6. The van der Waals surface area contributed by atoms with Crippen molar-refractivity contribution in [2.45, 2.75) is 25.7 Å². The molecule has 8 nitrogen and oxygen atoms in total. The summed E-state index contributed by atoms with van der Waals surface area (Å²) in [6, 6.07) is 6.95. The molecular formula is C25H41ClO8. The van der Waals surface area contributed by atoms with Crippen molar-refractivity contribution >= 4 is 17.9 Å². The summed E-state index contributed by atoms with van der Waals surface area (Å²) in [6.07, 6.45) is 5.30. The number of carbonyl (C=O) groups is 1. The normalized spacial score (nSPS) is 11.1. The van der Waals surface area contributed by atoms with Gasteiger partial charge in [-0.3, -0.25) is 4.79 Å². The molecular weight excluding hydrogens is 464 g/mol. The Hall–Kier alpha value is -1.26. The number of halogens is 1. The fourth-order valence-electron chi connectivity index (χ4n) is 2.71. The Morgan fingerprint density at radius 2 is 0.941 bits per heavy atom. The van der Waals surface area contributed by atoms with Crippen LogP contribution in [0.1, 0.15) is 36.0 Å². The Labute approximate surface area is 209 Å². The van der Waals surface area contributed by atoms with E-state index in [1.165, 1.54) is 12.8 Å². The lowest BCUT2D eigenvalue weighted by molar-refractivity contribution is -0.0179. The zero-order valence-electron chi connectivity index (χ0n) is 20.3. The van der Waals surface area contributed by atoms with E-state index in [0.29, 0.717) is 90.6 Å². The maximum Gasteiger partial charge on any atom is 0.150 e. The van der Waals surface area contributed by atoms with Gasteiger partial charge in [-0.25, -0.2) is 0 Å². The van der Waals surface area contributed by atoms with Gasteiger partial charge in [0.25, 0.3) is 0 Å². The summed E-state index contributed by atoms with van der Waals surface area (Å²) < 4.78 is 38.3. The first-order valence-corrected chi connectivity index (χ1v) is 12.6. The number of benzene rings is 1. The van der Waals surface area contributed by atoms with Gasteiger partial charge in [0, 0.05) is 18.1 Å². The smallest absolute Gasteiger partial charge is 0.150 e. The standard InChI is InChI=1S/C25H41ClO8/c26-9-3-1-2-4-10-28-11-12-29-13-14-30-15-16-31-17-18-32-19-20-33-21-22-34-25-7-5-24(23-27)6-8-25/h5-8,23H,1-4,9-22H2. The van der Waals surface area contributed by atoms with Crippen LogP contribution in [0.3, 0.4) is 0 Å².